The number of aliphatic imine (C=N–C) groups is 1. The molecule has 0 aliphatic carbocycles. The second-order valence-corrected chi connectivity index (χ2v) is 6.99. The monoisotopic (exact) mass is 488 g/mol. The number of hydrogen-bond acceptors (Lipinski definition) is 4. The number of nitrogens with one attached hydrogen (secondary N) is 2. The maximum atomic E-state index is 5.38. The lowest BCUT2D eigenvalue weighted by Crippen LogP contribution is -2.39. The smallest absolute Gasteiger partial charge is 0.191 e. The van der Waals surface area contributed by atoms with Gasteiger partial charge in [-0.25, -0.2) is 4.98 Å². The number of ether oxygens (including phenoxy) is 1. The standard InChI is InChI=1S/C19H28N4OS.HI/c1-5-16-14(2)25-18(23-16)11-13-22-19(20-3)21-12-10-15-8-6-7-9-17(15)24-4;/h6-9H,5,10-13H2,1-4H3,(H2,20,21,22);1H. The van der Waals surface area contributed by atoms with E-state index in [2.05, 4.69) is 40.5 Å². The zero-order valence-electron chi connectivity index (χ0n) is 16.0. The number of methoxy groups -OCH3 is 1. The van der Waals surface area contributed by atoms with Gasteiger partial charge in [-0.3, -0.25) is 4.99 Å². The third kappa shape index (κ3) is 6.75. The summed E-state index contributed by atoms with van der Waals surface area (Å²) in [6.07, 6.45) is 2.80. The molecule has 1 aromatic carbocycles. The van der Waals surface area contributed by atoms with Gasteiger partial charge in [0.25, 0.3) is 0 Å². The van der Waals surface area contributed by atoms with Crippen LogP contribution < -0.4 is 15.4 Å². The van der Waals surface area contributed by atoms with Crippen LogP contribution in [-0.2, 0) is 19.3 Å². The van der Waals surface area contributed by atoms with Crippen LogP contribution in [0.4, 0.5) is 0 Å². The number of thiazole rings is 1. The molecule has 144 valence electrons. The molecule has 2 N–H and O–H groups in total. The fourth-order valence-electron chi connectivity index (χ4n) is 2.66. The average Bonchev–Trinajstić information content (AvgIpc) is 3.00. The highest BCUT2D eigenvalue weighted by Crippen LogP contribution is 2.18. The van der Waals surface area contributed by atoms with Crippen molar-refractivity contribution in [3.63, 3.8) is 0 Å². The Morgan fingerprint density at radius 2 is 1.88 bits per heavy atom. The molecule has 0 unspecified atom stereocenters. The van der Waals surface area contributed by atoms with Crippen molar-refractivity contribution in [3.05, 3.63) is 45.4 Å². The lowest BCUT2D eigenvalue weighted by molar-refractivity contribution is 0.409. The van der Waals surface area contributed by atoms with Crippen molar-refractivity contribution < 1.29 is 4.74 Å². The van der Waals surface area contributed by atoms with Gasteiger partial charge in [0.1, 0.15) is 5.75 Å². The van der Waals surface area contributed by atoms with E-state index < -0.39 is 0 Å². The summed E-state index contributed by atoms with van der Waals surface area (Å²) in [7, 11) is 3.50. The SMILES string of the molecule is CCc1nc(CCNC(=NC)NCCc2ccccc2OC)sc1C.I. The van der Waals surface area contributed by atoms with Crippen LogP contribution >= 0.6 is 35.3 Å². The van der Waals surface area contributed by atoms with Crippen molar-refractivity contribution in [1.29, 1.82) is 0 Å². The fraction of sp³-hybridized carbons (Fsp3) is 0.474. The van der Waals surface area contributed by atoms with Crippen molar-refractivity contribution >= 4 is 41.3 Å². The Balaban J connectivity index is 0.00000338. The molecule has 26 heavy (non-hydrogen) atoms. The number of aryl methyl sites for hydroxylation is 2. The average molecular weight is 488 g/mol. The summed E-state index contributed by atoms with van der Waals surface area (Å²) in [5.74, 6) is 1.75. The quantitative estimate of drug-likeness (QED) is 0.339. The second kappa shape index (κ2) is 12.1. The summed E-state index contributed by atoms with van der Waals surface area (Å²) < 4.78 is 5.38. The lowest BCUT2D eigenvalue weighted by atomic mass is 10.1. The number of halogens is 1. The van der Waals surface area contributed by atoms with Crippen molar-refractivity contribution in [3.8, 4) is 5.75 Å². The van der Waals surface area contributed by atoms with Gasteiger partial charge >= 0.3 is 0 Å². The highest BCUT2D eigenvalue weighted by molar-refractivity contribution is 14.0. The molecule has 0 amide bonds. The fourth-order valence-corrected chi connectivity index (χ4v) is 3.68. The number of para-hydroxylation sites is 1. The molecule has 0 aliphatic heterocycles. The molecule has 5 nitrogen and oxygen atoms in total. The van der Waals surface area contributed by atoms with Gasteiger partial charge in [-0.2, -0.15) is 0 Å². The number of benzene rings is 1. The summed E-state index contributed by atoms with van der Waals surface area (Å²) in [6.45, 7) is 5.92. The van der Waals surface area contributed by atoms with E-state index in [4.69, 9.17) is 4.74 Å². The highest BCUT2D eigenvalue weighted by Gasteiger charge is 2.06. The summed E-state index contributed by atoms with van der Waals surface area (Å²) >= 11 is 1.79. The lowest BCUT2D eigenvalue weighted by Gasteiger charge is -2.12. The van der Waals surface area contributed by atoms with E-state index >= 15 is 0 Å². The Kier molecular flexibility index (Phi) is 10.6. The van der Waals surface area contributed by atoms with Crippen LogP contribution in [0, 0.1) is 6.92 Å². The van der Waals surface area contributed by atoms with Crippen LogP contribution in [0.25, 0.3) is 0 Å². The van der Waals surface area contributed by atoms with E-state index in [9.17, 15) is 0 Å². The molecule has 2 aromatic rings. The highest BCUT2D eigenvalue weighted by atomic mass is 127. The van der Waals surface area contributed by atoms with Crippen LogP contribution in [0.5, 0.6) is 5.75 Å². The van der Waals surface area contributed by atoms with Crippen LogP contribution in [-0.4, -0.2) is 38.2 Å². The van der Waals surface area contributed by atoms with Gasteiger partial charge in [-0.1, -0.05) is 25.1 Å². The predicted molar refractivity (Wildman–Crippen MR) is 121 cm³/mol. The van der Waals surface area contributed by atoms with Gasteiger partial charge in [0, 0.05) is 31.4 Å². The van der Waals surface area contributed by atoms with Gasteiger partial charge < -0.3 is 15.4 Å². The molecule has 0 radical (unpaired) electrons. The first-order chi connectivity index (χ1) is 12.2. The number of guanidine groups is 1. The van der Waals surface area contributed by atoms with E-state index in [0.717, 1.165) is 44.1 Å². The molecule has 0 atom stereocenters. The van der Waals surface area contributed by atoms with Crippen molar-refractivity contribution in [2.75, 3.05) is 27.2 Å². The normalized spacial score (nSPS) is 11.0. The van der Waals surface area contributed by atoms with Crippen LogP contribution in [0.15, 0.2) is 29.3 Å². The van der Waals surface area contributed by atoms with Gasteiger partial charge in [-0.15, -0.1) is 35.3 Å². The first-order valence-corrected chi connectivity index (χ1v) is 9.51. The largest absolute Gasteiger partial charge is 0.496 e. The molecule has 1 aromatic heterocycles. The van der Waals surface area contributed by atoms with Crippen LogP contribution in [0.3, 0.4) is 0 Å². The van der Waals surface area contributed by atoms with E-state index in [1.165, 1.54) is 21.1 Å². The summed E-state index contributed by atoms with van der Waals surface area (Å²) in [4.78, 5) is 10.3. The third-order valence-electron chi connectivity index (χ3n) is 4.01. The number of rotatable bonds is 8. The predicted octanol–water partition coefficient (Wildman–Crippen LogP) is 3.59. The van der Waals surface area contributed by atoms with Gasteiger partial charge in [0.05, 0.1) is 17.8 Å². The van der Waals surface area contributed by atoms with Crippen molar-refractivity contribution in [2.45, 2.75) is 33.1 Å². The van der Waals surface area contributed by atoms with E-state index in [1.54, 1.807) is 25.5 Å². The first kappa shape index (κ1) is 22.7. The molecule has 0 spiro atoms. The topological polar surface area (TPSA) is 58.5 Å². The number of hydrogen-bond donors (Lipinski definition) is 2. The minimum atomic E-state index is 0. The summed E-state index contributed by atoms with van der Waals surface area (Å²) in [5, 5.41) is 7.89. The van der Waals surface area contributed by atoms with Crippen LogP contribution in [0.1, 0.15) is 28.1 Å². The Morgan fingerprint density at radius 1 is 1.19 bits per heavy atom. The Hall–Kier alpha value is -1.35. The maximum Gasteiger partial charge on any atom is 0.191 e. The van der Waals surface area contributed by atoms with Crippen molar-refractivity contribution in [2.24, 2.45) is 4.99 Å². The Labute approximate surface area is 177 Å². The van der Waals surface area contributed by atoms with E-state index in [0.29, 0.717) is 0 Å². The summed E-state index contributed by atoms with van der Waals surface area (Å²) in [6, 6.07) is 8.10. The van der Waals surface area contributed by atoms with Gasteiger partial charge in [0.15, 0.2) is 5.96 Å². The third-order valence-corrected chi connectivity index (χ3v) is 5.08. The van der Waals surface area contributed by atoms with E-state index in [1.807, 2.05) is 18.2 Å². The Morgan fingerprint density at radius 3 is 2.50 bits per heavy atom. The number of aromatic nitrogens is 1. The first-order valence-electron chi connectivity index (χ1n) is 8.69. The van der Waals surface area contributed by atoms with E-state index in [-0.39, 0.29) is 24.0 Å². The molecule has 0 aliphatic rings. The molecule has 0 bridgehead atoms. The minimum Gasteiger partial charge on any atom is -0.496 e. The molecule has 0 saturated carbocycles. The molecular formula is C19H29IN4OS. The molecule has 0 fully saturated rings. The Bertz CT molecular complexity index is 703. The molecule has 0 saturated heterocycles. The summed E-state index contributed by atoms with van der Waals surface area (Å²) in [5.41, 5.74) is 2.41. The van der Waals surface area contributed by atoms with Gasteiger partial charge in [0.2, 0.25) is 0 Å². The minimum absolute atomic E-state index is 0. The van der Waals surface area contributed by atoms with Gasteiger partial charge in [-0.05, 0) is 31.4 Å². The molecule has 7 heteroatoms. The zero-order chi connectivity index (χ0) is 18.1. The van der Waals surface area contributed by atoms with Crippen LogP contribution in [0.2, 0.25) is 0 Å². The number of nitrogens with zero attached hydrogens (tertiary/aromatic N) is 2. The maximum absolute atomic E-state index is 5.38. The molecule has 2 rings (SSSR count). The molecular weight excluding hydrogens is 459 g/mol. The second-order valence-electron chi connectivity index (χ2n) is 5.70. The molecule has 1 heterocycles. The van der Waals surface area contributed by atoms with Crippen molar-refractivity contribution in [1.82, 2.24) is 15.6 Å². The zero-order valence-corrected chi connectivity index (χ0v) is 19.1.